The second-order valence-corrected chi connectivity index (χ2v) is 5.90. The van der Waals surface area contributed by atoms with Crippen LogP contribution in [0.3, 0.4) is 0 Å². The maximum Gasteiger partial charge on any atom is 0.227 e. The van der Waals surface area contributed by atoms with Crippen molar-refractivity contribution in [1.29, 1.82) is 0 Å². The first-order chi connectivity index (χ1) is 12.3. The number of carbonyl (C=O) groups is 1. The Kier molecular flexibility index (Phi) is 8.61. The van der Waals surface area contributed by atoms with Gasteiger partial charge in [-0.15, -0.1) is 5.10 Å². The van der Waals surface area contributed by atoms with Gasteiger partial charge in [-0.3, -0.25) is 4.79 Å². The van der Waals surface area contributed by atoms with Crippen LogP contribution < -0.4 is 5.32 Å². The lowest BCUT2D eigenvalue weighted by molar-refractivity contribution is -0.120. The van der Waals surface area contributed by atoms with Crippen molar-refractivity contribution in [2.45, 2.75) is 45.6 Å². The molecule has 1 aromatic carbocycles. The third kappa shape index (κ3) is 7.43. The molecule has 7 heteroatoms. The Hall–Kier alpha value is -2.28. The van der Waals surface area contributed by atoms with E-state index in [-0.39, 0.29) is 12.3 Å². The van der Waals surface area contributed by atoms with Gasteiger partial charge in [0, 0.05) is 26.3 Å². The maximum atomic E-state index is 12.0. The SMILES string of the molecule is CCCCOCCCNC(=O)Cc1nnnn1CCc1ccccc1. The minimum atomic E-state index is -0.0654. The zero-order chi connectivity index (χ0) is 17.7. The molecule has 1 aromatic heterocycles. The summed E-state index contributed by atoms with van der Waals surface area (Å²) in [5.74, 6) is 0.525. The van der Waals surface area contributed by atoms with Crippen molar-refractivity contribution in [2.24, 2.45) is 0 Å². The molecule has 0 radical (unpaired) electrons. The van der Waals surface area contributed by atoms with Gasteiger partial charge in [-0.2, -0.15) is 0 Å². The van der Waals surface area contributed by atoms with Gasteiger partial charge in [0.1, 0.15) is 0 Å². The summed E-state index contributed by atoms with van der Waals surface area (Å²) in [7, 11) is 0. The molecule has 0 saturated heterocycles. The second-order valence-electron chi connectivity index (χ2n) is 5.90. The molecule has 25 heavy (non-hydrogen) atoms. The van der Waals surface area contributed by atoms with E-state index in [0.717, 1.165) is 32.3 Å². The van der Waals surface area contributed by atoms with Gasteiger partial charge >= 0.3 is 0 Å². The fourth-order valence-electron chi connectivity index (χ4n) is 2.36. The van der Waals surface area contributed by atoms with Crippen LogP contribution in [0.5, 0.6) is 0 Å². The maximum absolute atomic E-state index is 12.0. The molecule has 2 rings (SSSR count). The van der Waals surface area contributed by atoms with Gasteiger partial charge in [-0.1, -0.05) is 43.7 Å². The molecule has 0 atom stereocenters. The molecule has 136 valence electrons. The smallest absolute Gasteiger partial charge is 0.227 e. The molecule has 2 aromatic rings. The first kappa shape index (κ1) is 19.1. The summed E-state index contributed by atoms with van der Waals surface area (Å²) >= 11 is 0. The number of aromatic nitrogens is 4. The lowest BCUT2D eigenvalue weighted by Crippen LogP contribution is -2.28. The molecule has 1 heterocycles. The Balaban J connectivity index is 1.66. The van der Waals surface area contributed by atoms with Crippen LogP contribution in [0.4, 0.5) is 0 Å². The molecule has 0 saturated carbocycles. The van der Waals surface area contributed by atoms with Gasteiger partial charge < -0.3 is 10.1 Å². The summed E-state index contributed by atoms with van der Waals surface area (Å²) < 4.78 is 7.16. The average molecular weight is 345 g/mol. The number of unbranched alkanes of at least 4 members (excludes halogenated alkanes) is 1. The van der Waals surface area contributed by atoms with E-state index in [4.69, 9.17) is 4.74 Å². The van der Waals surface area contributed by atoms with E-state index in [2.05, 4.69) is 39.9 Å². The van der Waals surface area contributed by atoms with Crippen LogP contribution in [0.2, 0.25) is 0 Å². The van der Waals surface area contributed by atoms with E-state index < -0.39 is 0 Å². The van der Waals surface area contributed by atoms with Crippen LogP contribution in [0, 0.1) is 0 Å². The summed E-state index contributed by atoms with van der Waals surface area (Å²) in [6.07, 6.45) is 4.05. The van der Waals surface area contributed by atoms with E-state index in [0.29, 0.717) is 25.5 Å². The number of nitrogens with zero attached hydrogens (tertiary/aromatic N) is 4. The molecule has 0 aliphatic heterocycles. The lowest BCUT2D eigenvalue weighted by atomic mass is 10.1. The molecule has 0 unspecified atom stereocenters. The fraction of sp³-hybridized carbons (Fsp3) is 0.556. The van der Waals surface area contributed by atoms with Gasteiger partial charge in [0.15, 0.2) is 5.82 Å². The van der Waals surface area contributed by atoms with Crippen molar-refractivity contribution in [2.75, 3.05) is 19.8 Å². The molecular formula is C18H27N5O2. The van der Waals surface area contributed by atoms with Gasteiger partial charge in [-0.25, -0.2) is 4.68 Å². The summed E-state index contributed by atoms with van der Waals surface area (Å²) in [5, 5.41) is 14.5. The van der Waals surface area contributed by atoms with Crippen LogP contribution in [0.15, 0.2) is 30.3 Å². The molecule has 7 nitrogen and oxygen atoms in total. The van der Waals surface area contributed by atoms with Crippen molar-refractivity contribution < 1.29 is 9.53 Å². The van der Waals surface area contributed by atoms with Crippen LogP contribution >= 0.6 is 0 Å². The third-order valence-corrected chi connectivity index (χ3v) is 3.81. The number of hydrogen-bond acceptors (Lipinski definition) is 5. The lowest BCUT2D eigenvalue weighted by Gasteiger charge is -2.07. The summed E-state index contributed by atoms with van der Waals surface area (Å²) in [6, 6.07) is 10.1. The highest BCUT2D eigenvalue weighted by Crippen LogP contribution is 2.03. The van der Waals surface area contributed by atoms with Gasteiger partial charge in [0.05, 0.1) is 6.42 Å². The van der Waals surface area contributed by atoms with Crippen molar-refractivity contribution >= 4 is 5.91 Å². The van der Waals surface area contributed by atoms with E-state index in [9.17, 15) is 4.79 Å². The van der Waals surface area contributed by atoms with Crippen molar-refractivity contribution in [3.8, 4) is 0 Å². The predicted molar refractivity (Wildman–Crippen MR) is 95.0 cm³/mol. The largest absolute Gasteiger partial charge is 0.381 e. The zero-order valence-electron chi connectivity index (χ0n) is 14.9. The van der Waals surface area contributed by atoms with Crippen LogP contribution in [0.1, 0.15) is 37.6 Å². The normalized spacial score (nSPS) is 10.8. The monoisotopic (exact) mass is 345 g/mol. The summed E-state index contributed by atoms with van der Waals surface area (Å²) in [6.45, 7) is 4.87. The Morgan fingerprint density at radius 2 is 2.00 bits per heavy atom. The number of tetrazole rings is 1. The molecular weight excluding hydrogens is 318 g/mol. The zero-order valence-corrected chi connectivity index (χ0v) is 14.9. The molecule has 0 aliphatic carbocycles. The number of nitrogens with one attached hydrogen (secondary N) is 1. The van der Waals surface area contributed by atoms with E-state index >= 15 is 0 Å². The Morgan fingerprint density at radius 3 is 2.80 bits per heavy atom. The molecule has 0 fully saturated rings. The van der Waals surface area contributed by atoms with E-state index in [1.54, 1.807) is 4.68 Å². The van der Waals surface area contributed by atoms with E-state index in [1.807, 2.05) is 18.2 Å². The first-order valence-corrected chi connectivity index (χ1v) is 8.93. The van der Waals surface area contributed by atoms with Crippen LogP contribution in [0.25, 0.3) is 0 Å². The first-order valence-electron chi connectivity index (χ1n) is 8.93. The Morgan fingerprint density at radius 1 is 1.20 bits per heavy atom. The molecule has 1 N–H and O–H groups in total. The number of ether oxygens (including phenoxy) is 1. The number of carbonyl (C=O) groups excluding carboxylic acids is 1. The van der Waals surface area contributed by atoms with Gasteiger partial charge in [0.2, 0.25) is 5.91 Å². The predicted octanol–water partition coefficient (Wildman–Crippen LogP) is 1.78. The Bertz CT molecular complexity index is 615. The van der Waals surface area contributed by atoms with Crippen molar-refractivity contribution in [3.63, 3.8) is 0 Å². The minimum Gasteiger partial charge on any atom is -0.381 e. The summed E-state index contributed by atoms with van der Waals surface area (Å²) in [4.78, 5) is 12.0. The molecule has 0 spiro atoms. The number of amides is 1. The number of aryl methyl sites for hydroxylation is 2. The highest BCUT2D eigenvalue weighted by molar-refractivity contribution is 5.77. The fourth-order valence-corrected chi connectivity index (χ4v) is 2.36. The van der Waals surface area contributed by atoms with Crippen molar-refractivity contribution in [3.05, 3.63) is 41.7 Å². The van der Waals surface area contributed by atoms with Crippen molar-refractivity contribution in [1.82, 2.24) is 25.5 Å². The van der Waals surface area contributed by atoms with Crippen LogP contribution in [-0.4, -0.2) is 45.9 Å². The Labute approximate surface area is 148 Å². The summed E-state index contributed by atoms with van der Waals surface area (Å²) in [5.41, 5.74) is 1.22. The highest BCUT2D eigenvalue weighted by Gasteiger charge is 2.11. The minimum absolute atomic E-state index is 0.0654. The number of rotatable bonds is 12. The average Bonchev–Trinajstić information content (AvgIpc) is 3.07. The quantitative estimate of drug-likeness (QED) is 0.593. The standard InChI is InChI=1S/C18H27N5O2/c1-2-3-13-25-14-7-11-19-18(24)15-17-20-21-22-23(17)12-10-16-8-5-4-6-9-16/h4-6,8-9H,2-3,7,10-15H2,1H3,(H,19,24). The molecule has 1 amide bonds. The number of hydrogen-bond donors (Lipinski definition) is 1. The van der Waals surface area contributed by atoms with Gasteiger partial charge in [0.25, 0.3) is 0 Å². The third-order valence-electron chi connectivity index (χ3n) is 3.81. The molecule has 0 aliphatic rings. The van der Waals surface area contributed by atoms with Crippen LogP contribution in [-0.2, 0) is 28.9 Å². The highest BCUT2D eigenvalue weighted by atomic mass is 16.5. The topological polar surface area (TPSA) is 81.9 Å². The number of benzene rings is 1. The molecule has 0 bridgehead atoms. The van der Waals surface area contributed by atoms with Gasteiger partial charge in [-0.05, 0) is 35.3 Å². The second kappa shape index (κ2) is 11.3. The van der Waals surface area contributed by atoms with E-state index in [1.165, 1.54) is 5.56 Å².